The Hall–Kier alpha value is -4.57. The van der Waals surface area contributed by atoms with Gasteiger partial charge in [0.05, 0.1) is 18.5 Å². The van der Waals surface area contributed by atoms with Crippen molar-refractivity contribution >= 4 is 41.4 Å². The van der Waals surface area contributed by atoms with E-state index < -0.39 is 78.4 Å². The summed E-state index contributed by atoms with van der Waals surface area (Å²) in [6.45, 7) is 1.97. The van der Waals surface area contributed by atoms with Crippen LogP contribution in [0.3, 0.4) is 0 Å². The Morgan fingerprint density at radius 2 is 1.42 bits per heavy atom. The van der Waals surface area contributed by atoms with Crippen molar-refractivity contribution in [1.82, 2.24) is 16.0 Å². The molecule has 0 aromatic heterocycles. The van der Waals surface area contributed by atoms with E-state index in [1.165, 1.54) is 6.92 Å². The fraction of sp³-hybridized carbons (Fsp3) is 0.552. The molecule has 1 aromatic carbocycles. The van der Waals surface area contributed by atoms with Crippen LogP contribution in [-0.4, -0.2) is 88.9 Å². The molecular weight excluding hydrogens is 588 g/mol. The standard InChI is InChI=1S/C29H46N8O8/c1-17(25(41)37-22(28(44)45)15-18-8-3-2-4-9-18)14-23(38)21(16-24(39)40)36-27(43)20(11-5-6-12-30)35-26(42)19(31)10-7-13-34-29(32)33/h2-4,8-9,17,19-22H,5-7,10-16,30-31H2,1H3,(H,35,42)(H,36,43)(H,37,41)(H,39,40)(H,44,45)(H4,32,33,34)/t17-,19-,20-,21-,22-/m0/s1. The molecule has 0 aliphatic rings. The van der Waals surface area contributed by atoms with Crippen LogP contribution in [0.5, 0.6) is 0 Å². The third-order valence-electron chi connectivity index (χ3n) is 6.82. The van der Waals surface area contributed by atoms with Crippen LogP contribution < -0.4 is 38.9 Å². The Balaban J connectivity index is 2.92. The molecule has 0 saturated heterocycles. The summed E-state index contributed by atoms with van der Waals surface area (Å²) in [6, 6.07) is 3.73. The molecule has 1 aromatic rings. The zero-order valence-corrected chi connectivity index (χ0v) is 25.4. The minimum atomic E-state index is -1.52. The molecule has 0 aliphatic heterocycles. The molecule has 250 valence electrons. The molecule has 45 heavy (non-hydrogen) atoms. The van der Waals surface area contributed by atoms with Crippen molar-refractivity contribution in [2.24, 2.45) is 33.8 Å². The summed E-state index contributed by atoms with van der Waals surface area (Å²) in [5, 5.41) is 26.3. The van der Waals surface area contributed by atoms with E-state index >= 15 is 0 Å². The van der Waals surface area contributed by atoms with Gasteiger partial charge < -0.3 is 49.1 Å². The summed E-state index contributed by atoms with van der Waals surface area (Å²) in [4.78, 5) is 79.0. The van der Waals surface area contributed by atoms with Gasteiger partial charge in [-0.3, -0.25) is 29.0 Å². The van der Waals surface area contributed by atoms with E-state index in [1.807, 2.05) is 0 Å². The molecule has 3 amide bonds. The number of carbonyl (C=O) groups excluding carboxylic acids is 4. The second-order valence-corrected chi connectivity index (χ2v) is 10.7. The Bertz CT molecular complexity index is 1180. The van der Waals surface area contributed by atoms with Gasteiger partial charge in [-0.2, -0.15) is 0 Å². The number of benzene rings is 1. The summed E-state index contributed by atoms with van der Waals surface area (Å²) in [5.41, 5.74) is 22.7. The number of nitrogens with two attached hydrogens (primary N) is 4. The first kappa shape index (κ1) is 38.5. The monoisotopic (exact) mass is 634 g/mol. The van der Waals surface area contributed by atoms with Crippen LogP contribution in [0.25, 0.3) is 0 Å². The molecule has 0 aliphatic carbocycles. The highest BCUT2D eigenvalue weighted by Crippen LogP contribution is 2.11. The van der Waals surface area contributed by atoms with Crippen LogP contribution in [0.1, 0.15) is 57.4 Å². The van der Waals surface area contributed by atoms with Crippen molar-refractivity contribution in [3.8, 4) is 0 Å². The average Bonchev–Trinajstić information content (AvgIpc) is 2.97. The number of aliphatic carboxylic acids is 2. The minimum absolute atomic E-state index is 0.0114. The van der Waals surface area contributed by atoms with Crippen LogP contribution in [0.15, 0.2) is 35.3 Å². The number of hydrogen-bond acceptors (Lipinski definition) is 9. The van der Waals surface area contributed by atoms with Crippen LogP contribution in [-0.2, 0) is 35.2 Å². The van der Waals surface area contributed by atoms with Gasteiger partial charge in [0.1, 0.15) is 12.1 Å². The number of Topliss-reactive ketones (excluding diaryl/α,β-unsaturated/α-hetero) is 1. The number of hydrogen-bond donors (Lipinski definition) is 9. The lowest BCUT2D eigenvalue weighted by atomic mass is 9.96. The van der Waals surface area contributed by atoms with Gasteiger partial charge in [-0.1, -0.05) is 37.3 Å². The number of carbonyl (C=O) groups is 6. The largest absolute Gasteiger partial charge is 0.481 e. The lowest BCUT2D eigenvalue weighted by Crippen LogP contribution is -2.55. The van der Waals surface area contributed by atoms with E-state index in [2.05, 4.69) is 20.9 Å². The number of amides is 3. The molecule has 0 saturated carbocycles. The summed E-state index contributed by atoms with van der Waals surface area (Å²) in [7, 11) is 0. The number of rotatable bonds is 22. The molecule has 0 heterocycles. The fourth-order valence-electron chi connectivity index (χ4n) is 4.28. The average molecular weight is 635 g/mol. The fourth-order valence-corrected chi connectivity index (χ4v) is 4.28. The van der Waals surface area contributed by atoms with Crippen molar-refractivity contribution in [2.45, 2.75) is 82.5 Å². The van der Waals surface area contributed by atoms with E-state index in [9.17, 15) is 39.0 Å². The molecule has 1 rings (SSSR count). The number of carboxylic acids is 2. The summed E-state index contributed by atoms with van der Waals surface area (Å²) in [6.07, 6.45) is 0.487. The predicted octanol–water partition coefficient (Wildman–Crippen LogP) is -1.65. The van der Waals surface area contributed by atoms with Crippen molar-refractivity contribution in [3.63, 3.8) is 0 Å². The first-order valence-corrected chi connectivity index (χ1v) is 14.7. The summed E-state index contributed by atoms with van der Waals surface area (Å²) in [5.74, 6) is -6.72. The lowest BCUT2D eigenvalue weighted by Gasteiger charge is -2.24. The van der Waals surface area contributed by atoms with Crippen LogP contribution in [0.4, 0.5) is 0 Å². The Kier molecular flexibility index (Phi) is 17.4. The molecular formula is C29H46N8O8. The highest BCUT2D eigenvalue weighted by molar-refractivity contribution is 5.97. The Morgan fingerprint density at radius 1 is 0.800 bits per heavy atom. The highest BCUT2D eigenvalue weighted by Gasteiger charge is 2.31. The van der Waals surface area contributed by atoms with Gasteiger partial charge in [-0.05, 0) is 44.2 Å². The molecule has 13 N–H and O–H groups in total. The first-order valence-electron chi connectivity index (χ1n) is 14.7. The minimum Gasteiger partial charge on any atom is -0.481 e. The summed E-state index contributed by atoms with van der Waals surface area (Å²) >= 11 is 0. The molecule has 0 unspecified atom stereocenters. The van der Waals surface area contributed by atoms with Crippen molar-refractivity contribution in [3.05, 3.63) is 35.9 Å². The van der Waals surface area contributed by atoms with E-state index in [4.69, 9.17) is 22.9 Å². The lowest BCUT2D eigenvalue weighted by molar-refractivity contribution is -0.143. The quantitative estimate of drug-likeness (QED) is 0.0394. The molecule has 5 atom stereocenters. The normalized spacial score (nSPS) is 14.1. The first-order chi connectivity index (χ1) is 21.2. The third kappa shape index (κ3) is 15.6. The second-order valence-electron chi connectivity index (χ2n) is 10.7. The number of nitrogens with zero attached hydrogens (tertiary/aromatic N) is 1. The highest BCUT2D eigenvalue weighted by atomic mass is 16.4. The van der Waals surface area contributed by atoms with Gasteiger partial charge in [-0.25, -0.2) is 4.79 Å². The summed E-state index contributed by atoms with van der Waals surface area (Å²) < 4.78 is 0. The SMILES string of the molecule is C[C@@H](CC(=O)[C@H](CC(=O)O)NC(=O)[C@H](CCCCN)NC(=O)[C@@H](N)CCCN=C(N)N)C(=O)N[C@@H](Cc1ccccc1)C(=O)O. The maximum atomic E-state index is 13.2. The van der Waals surface area contributed by atoms with Crippen molar-refractivity contribution < 1.29 is 39.0 Å². The number of ketones is 1. The van der Waals surface area contributed by atoms with Gasteiger partial charge in [0.2, 0.25) is 17.7 Å². The molecule has 0 fully saturated rings. The van der Waals surface area contributed by atoms with Crippen LogP contribution in [0.2, 0.25) is 0 Å². The van der Waals surface area contributed by atoms with Gasteiger partial charge in [-0.15, -0.1) is 0 Å². The zero-order valence-electron chi connectivity index (χ0n) is 25.4. The molecule has 0 spiro atoms. The number of carboxylic acid groups (broad SMARTS) is 2. The van der Waals surface area contributed by atoms with E-state index in [-0.39, 0.29) is 31.8 Å². The molecule has 0 radical (unpaired) electrons. The molecule has 0 bridgehead atoms. The van der Waals surface area contributed by atoms with Gasteiger partial charge in [0.15, 0.2) is 11.7 Å². The Morgan fingerprint density at radius 3 is 2.00 bits per heavy atom. The molecule has 16 heteroatoms. The smallest absolute Gasteiger partial charge is 0.326 e. The third-order valence-corrected chi connectivity index (χ3v) is 6.82. The van der Waals surface area contributed by atoms with Gasteiger partial charge in [0, 0.05) is 25.3 Å². The van der Waals surface area contributed by atoms with Gasteiger partial charge in [0.25, 0.3) is 0 Å². The van der Waals surface area contributed by atoms with Crippen molar-refractivity contribution in [2.75, 3.05) is 13.1 Å². The zero-order chi connectivity index (χ0) is 33.9. The maximum Gasteiger partial charge on any atom is 0.326 e. The number of unbranched alkanes of at least 4 members (excludes halogenated alkanes) is 1. The number of aliphatic imine (C=N–C) groups is 1. The Labute approximate surface area is 261 Å². The van der Waals surface area contributed by atoms with Crippen molar-refractivity contribution in [1.29, 1.82) is 0 Å². The predicted molar refractivity (Wildman–Crippen MR) is 165 cm³/mol. The van der Waals surface area contributed by atoms with E-state index in [0.29, 0.717) is 31.4 Å². The van der Waals surface area contributed by atoms with Gasteiger partial charge >= 0.3 is 11.9 Å². The molecule has 16 nitrogen and oxygen atoms in total. The second kappa shape index (κ2) is 20.4. The number of guanidine groups is 1. The van der Waals surface area contributed by atoms with Crippen LogP contribution >= 0.6 is 0 Å². The van der Waals surface area contributed by atoms with E-state index in [1.54, 1.807) is 30.3 Å². The van der Waals surface area contributed by atoms with Crippen LogP contribution in [0, 0.1) is 5.92 Å². The number of nitrogens with one attached hydrogen (secondary N) is 3. The van der Waals surface area contributed by atoms with E-state index in [0.717, 1.165) is 0 Å². The topological polar surface area (TPSA) is 295 Å². The maximum absolute atomic E-state index is 13.2.